The standard InChI is InChI=1S/C25H22BrN3O2/c1-29-23-10-8-19(30-12-11-26)13-18(23)14-24(29)25-21-15-20(7-9-22(21)27-28-25)31-16-17-5-3-2-4-6-17/h2-10,13-15H,11-12,16H2,1H3,(H,27,28). The summed E-state index contributed by atoms with van der Waals surface area (Å²) < 4.78 is 14.0. The van der Waals surface area contributed by atoms with Gasteiger partial charge < -0.3 is 14.0 Å². The van der Waals surface area contributed by atoms with Crippen molar-refractivity contribution in [1.29, 1.82) is 0 Å². The lowest BCUT2D eigenvalue weighted by atomic mass is 10.1. The van der Waals surface area contributed by atoms with E-state index in [2.05, 4.69) is 74.1 Å². The van der Waals surface area contributed by atoms with Crippen molar-refractivity contribution < 1.29 is 9.47 Å². The first-order valence-electron chi connectivity index (χ1n) is 10.2. The van der Waals surface area contributed by atoms with E-state index in [4.69, 9.17) is 9.47 Å². The lowest BCUT2D eigenvalue weighted by Crippen LogP contribution is -1.97. The van der Waals surface area contributed by atoms with Gasteiger partial charge >= 0.3 is 0 Å². The number of halogens is 1. The maximum Gasteiger partial charge on any atom is 0.120 e. The molecule has 0 atom stereocenters. The number of fused-ring (bicyclic) bond motifs is 2. The summed E-state index contributed by atoms with van der Waals surface area (Å²) in [5.41, 5.74) is 5.20. The molecule has 0 unspecified atom stereocenters. The molecule has 1 N–H and O–H groups in total. The van der Waals surface area contributed by atoms with Crippen LogP contribution in [0.1, 0.15) is 5.56 Å². The number of nitrogens with zero attached hydrogens (tertiary/aromatic N) is 2. The van der Waals surface area contributed by atoms with Crippen LogP contribution in [0, 0.1) is 0 Å². The van der Waals surface area contributed by atoms with Crippen molar-refractivity contribution in [2.24, 2.45) is 7.05 Å². The number of alkyl halides is 1. The number of ether oxygens (including phenoxy) is 2. The van der Waals surface area contributed by atoms with Crippen LogP contribution in [0.3, 0.4) is 0 Å². The first kappa shape index (κ1) is 19.7. The van der Waals surface area contributed by atoms with Crippen LogP contribution < -0.4 is 9.47 Å². The van der Waals surface area contributed by atoms with Crippen molar-refractivity contribution in [1.82, 2.24) is 14.8 Å². The smallest absolute Gasteiger partial charge is 0.120 e. The molecule has 156 valence electrons. The second-order valence-corrected chi connectivity index (χ2v) is 8.19. The highest BCUT2D eigenvalue weighted by Gasteiger charge is 2.15. The largest absolute Gasteiger partial charge is 0.493 e. The average molecular weight is 476 g/mol. The Morgan fingerprint density at radius 1 is 0.935 bits per heavy atom. The summed E-state index contributed by atoms with van der Waals surface area (Å²) in [6.07, 6.45) is 0. The second-order valence-electron chi connectivity index (χ2n) is 7.40. The zero-order valence-corrected chi connectivity index (χ0v) is 18.7. The van der Waals surface area contributed by atoms with Crippen LogP contribution in [-0.4, -0.2) is 26.7 Å². The Bertz CT molecular complexity index is 1340. The van der Waals surface area contributed by atoms with Gasteiger partial charge in [0.25, 0.3) is 0 Å². The molecule has 0 radical (unpaired) electrons. The molecule has 5 nitrogen and oxygen atoms in total. The normalized spacial score (nSPS) is 11.3. The molecule has 5 rings (SSSR count). The highest BCUT2D eigenvalue weighted by atomic mass is 79.9. The third-order valence-electron chi connectivity index (χ3n) is 5.39. The van der Waals surface area contributed by atoms with Crippen molar-refractivity contribution in [3.8, 4) is 22.9 Å². The van der Waals surface area contributed by atoms with Gasteiger partial charge in [-0.05, 0) is 48.0 Å². The number of aromatic nitrogens is 3. The van der Waals surface area contributed by atoms with Crippen LogP contribution in [-0.2, 0) is 13.7 Å². The third kappa shape index (κ3) is 3.91. The van der Waals surface area contributed by atoms with Crippen molar-refractivity contribution in [2.45, 2.75) is 6.61 Å². The summed E-state index contributed by atoms with van der Waals surface area (Å²) in [6.45, 7) is 1.17. The molecule has 0 aliphatic carbocycles. The number of nitrogens with one attached hydrogen (secondary N) is 1. The third-order valence-corrected chi connectivity index (χ3v) is 5.71. The number of hydrogen-bond acceptors (Lipinski definition) is 3. The molecule has 0 spiro atoms. The minimum absolute atomic E-state index is 0.532. The molecule has 3 aromatic carbocycles. The van der Waals surface area contributed by atoms with Crippen LogP contribution in [0.2, 0.25) is 0 Å². The van der Waals surface area contributed by atoms with Gasteiger partial charge in [-0.15, -0.1) is 0 Å². The minimum atomic E-state index is 0.532. The molecule has 0 bridgehead atoms. The monoisotopic (exact) mass is 475 g/mol. The van der Waals surface area contributed by atoms with Gasteiger partial charge in [-0.1, -0.05) is 46.3 Å². The van der Waals surface area contributed by atoms with Crippen molar-refractivity contribution in [3.63, 3.8) is 0 Å². The van der Waals surface area contributed by atoms with Gasteiger partial charge in [0.05, 0.1) is 17.8 Å². The van der Waals surface area contributed by atoms with Crippen molar-refractivity contribution in [2.75, 3.05) is 11.9 Å². The first-order chi connectivity index (χ1) is 15.2. The van der Waals surface area contributed by atoms with Gasteiger partial charge in [0, 0.05) is 28.7 Å². The fraction of sp³-hybridized carbons (Fsp3) is 0.160. The van der Waals surface area contributed by atoms with Gasteiger partial charge in [-0.25, -0.2) is 0 Å². The molecule has 0 aliphatic rings. The molecule has 0 saturated carbocycles. The fourth-order valence-electron chi connectivity index (χ4n) is 3.82. The van der Waals surface area contributed by atoms with E-state index in [9.17, 15) is 0 Å². The molecule has 2 aromatic heterocycles. The molecule has 2 heterocycles. The predicted octanol–water partition coefficient (Wildman–Crippen LogP) is 6.07. The van der Waals surface area contributed by atoms with Crippen LogP contribution >= 0.6 is 15.9 Å². The Morgan fingerprint density at radius 2 is 1.74 bits per heavy atom. The second kappa shape index (κ2) is 8.47. The summed E-state index contributed by atoms with van der Waals surface area (Å²) in [4.78, 5) is 0. The van der Waals surface area contributed by atoms with E-state index < -0.39 is 0 Å². The van der Waals surface area contributed by atoms with Gasteiger partial charge in [0.2, 0.25) is 0 Å². The Labute approximate surface area is 188 Å². The summed E-state index contributed by atoms with van der Waals surface area (Å²) in [5, 5.41) is 10.7. The maximum absolute atomic E-state index is 6.03. The van der Waals surface area contributed by atoms with E-state index in [0.29, 0.717) is 13.2 Å². The number of hydrogen-bond donors (Lipinski definition) is 1. The molecule has 0 saturated heterocycles. The van der Waals surface area contributed by atoms with Crippen LogP contribution in [0.5, 0.6) is 11.5 Å². The predicted molar refractivity (Wildman–Crippen MR) is 128 cm³/mol. The van der Waals surface area contributed by atoms with Gasteiger partial charge in [0.1, 0.15) is 23.8 Å². The Kier molecular flexibility index (Phi) is 5.38. The van der Waals surface area contributed by atoms with Crippen LogP contribution in [0.25, 0.3) is 33.2 Å². The number of rotatable bonds is 7. The molecule has 0 amide bonds. The van der Waals surface area contributed by atoms with E-state index in [1.165, 1.54) is 0 Å². The van der Waals surface area contributed by atoms with E-state index in [-0.39, 0.29) is 0 Å². The Morgan fingerprint density at radius 3 is 2.58 bits per heavy atom. The topological polar surface area (TPSA) is 52.1 Å². The van der Waals surface area contributed by atoms with Crippen LogP contribution in [0.15, 0.2) is 72.8 Å². The minimum Gasteiger partial charge on any atom is -0.493 e. The summed E-state index contributed by atoms with van der Waals surface area (Å²) >= 11 is 3.40. The van der Waals surface area contributed by atoms with E-state index in [1.54, 1.807) is 0 Å². The van der Waals surface area contributed by atoms with E-state index in [0.717, 1.165) is 55.6 Å². The summed E-state index contributed by atoms with van der Waals surface area (Å²) in [6, 6.07) is 24.5. The molecule has 0 fully saturated rings. The SMILES string of the molecule is Cn1c(-c2n[nH]c3ccc(OCc4ccccc4)cc23)cc2cc(OCCBr)ccc21. The molecule has 5 aromatic rings. The number of H-pyrrole nitrogens is 1. The molecular formula is C25H22BrN3O2. The highest BCUT2D eigenvalue weighted by Crippen LogP contribution is 2.34. The summed E-state index contributed by atoms with van der Waals surface area (Å²) in [5.74, 6) is 1.69. The van der Waals surface area contributed by atoms with E-state index in [1.807, 2.05) is 36.4 Å². The Balaban J connectivity index is 1.49. The van der Waals surface area contributed by atoms with Crippen LogP contribution in [0.4, 0.5) is 0 Å². The zero-order chi connectivity index (χ0) is 21.2. The molecule has 6 heteroatoms. The quantitative estimate of drug-likeness (QED) is 0.290. The lowest BCUT2D eigenvalue weighted by Gasteiger charge is -2.07. The average Bonchev–Trinajstić information content (AvgIpc) is 3.37. The zero-order valence-electron chi connectivity index (χ0n) is 17.1. The number of benzene rings is 3. The van der Waals surface area contributed by atoms with Gasteiger partial charge in [-0.2, -0.15) is 5.10 Å². The fourth-order valence-corrected chi connectivity index (χ4v) is 3.98. The Hall–Kier alpha value is -3.25. The molecular weight excluding hydrogens is 454 g/mol. The van der Waals surface area contributed by atoms with Gasteiger partial charge in [0.15, 0.2) is 0 Å². The number of aryl methyl sites for hydroxylation is 1. The van der Waals surface area contributed by atoms with Gasteiger partial charge in [-0.3, -0.25) is 5.10 Å². The number of aromatic amines is 1. The molecule has 0 aliphatic heterocycles. The molecule has 31 heavy (non-hydrogen) atoms. The first-order valence-corrected chi connectivity index (χ1v) is 11.3. The lowest BCUT2D eigenvalue weighted by molar-refractivity contribution is 0.306. The van der Waals surface area contributed by atoms with E-state index >= 15 is 0 Å². The maximum atomic E-state index is 6.03. The van der Waals surface area contributed by atoms with Crippen molar-refractivity contribution in [3.05, 3.63) is 78.4 Å². The highest BCUT2D eigenvalue weighted by molar-refractivity contribution is 9.09. The summed E-state index contributed by atoms with van der Waals surface area (Å²) in [7, 11) is 2.06. The van der Waals surface area contributed by atoms with Crippen molar-refractivity contribution >= 4 is 37.7 Å².